The maximum Gasteiger partial charge on any atom is 0.243 e. The third-order valence-corrected chi connectivity index (χ3v) is 8.68. The molecule has 1 saturated heterocycles. The number of rotatable bonds is 7. The van der Waals surface area contributed by atoms with Gasteiger partial charge in [-0.05, 0) is 69.9 Å². The minimum atomic E-state index is -3.56. The Morgan fingerprint density at radius 2 is 1.89 bits per heavy atom. The number of carbonyl (C=O) groups is 1. The number of sulfonamides is 1. The Bertz CT molecular complexity index is 1190. The number of piperidine rings is 1. The molecule has 0 aliphatic carbocycles. The molecule has 2 aromatic carbocycles. The monoisotopic (exact) mass is 500 g/mol. The van der Waals surface area contributed by atoms with Crippen molar-refractivity contribution in [3.8, 4) is 11.5 Å². The molecule has 0 unspecified atom stereocenters. The molecule has 1 fully saturated rings. The average molecular weight is 501 g/mol. The summed E-state index contributed by atoms with van der Waals surface area (Å²) >= 11 is 0. The van der Waals surface area contributed by atoms with Gasteiger partial charge in [-0.3, -0.25) is 4.79 Å². The van der Waals surface area contributed by atoms with Gasteiger partial charge in [0.15, 0.2) is 0 Å². The summed E-state index contributed by atoms with van der Waals surface area (Å²) in [4.78, 5) is 13.3. The highest BCUT2D eigenvalue weighted by Gasteiger charge is 2.34. The number of methoxy groups -OCH3 is 1. The normalized spacial score (nSPS) is 19.9. The molecule has 1 amide bonds. The summed E-state index contributed by atoms with van der Waals surface area (Å²) in [5, 5.41) is 3.18. The van der Waals surface area contributed by atoms with E-state index in [1.807, 2.05) is 32.9 Å². The molecular formula is C27H36N2O5S. The van der Waals surface area contributed by atoms with Gasteiger partial charge < -0.3 is 14.8 Å². The van der Waals surface area contributed by atoms with Crippen LogP contribution in [0, 0.1) is 6.92 Å². The third kappa shape index (κ3) is 5.81. The molecule has 0 spiro atoms. The minimum Gasteiger partial charge on any atom is -0.496 e. The zero-order valence-electron chi connectivity index (χ0n) is 21.1. The van der Waals surface area contributed by atoms with Crippen molar-refractivity contribution in [1.29, 1.82) is 0 Å². The van der Waals surface area contributed by atoms with Crippen molar-refractivity contribution in [1.82, 2.24) is 9.62 Å². The van der Waals surface area contributed by atoms with Gasteiger partial charge >= 0.3 is 0 Å². The minimum absolute atomic E-state index is 0.0912. The lowest BCUT2D eigenvalue weighted by molar-refractivity contribution is -0.122. The summed E-state index contributed by atoms with van der Waals surface area (Å²) in [5.41, 5.74) is 2.43. The predicted octanol–water partition coefficient (Wildman–Crippen LogP) is 4.53. The Labute approximate surface area is 208 Å². The molecular weight excluding hydrogens is 464 g/mol. The number of fused-ring (bicyclic) bond motifs is 1. The molecule has 0 saturated carbocycles. The number of carbonyl (C=O) groups excluding carboxylic acids is 1. The van der Waals surface area contributed by atoms with Crippen LogP contribution in [0.4, 0.5) is 0 Å². The van der Waals surface area contributed by atoms with Crippen LogP contribution in [0.25, 0.3) is 0 Å². The van der Waals surface area contributed by atoms with Crippen LogP contribution in [0.15, 0.2) is 41.3 Å². The maximum atomic E-state index is 13.1. The van der Waals surface area contributed by atoms with Gasteiger partial charge in [0.25, 0.3) is 0 Å². The van der Waals surface area contributed by atoms with Crippen LogP contribution >= 0.6 is 0 Å². The zero-order valence-corrected chi connectivity index (χ0v) is 21.9. The van der Waals surface area contributed by atoms with Gasteiger partial charge in [-0.15, -0.1) is 0 Å². The Kier molecular flexibility index (Phi) is 7.43. The van der Waals surface area contributed by atoms with E-state index in [9.17, 15) is 13.2 Å². The Hall–Kier alpha value is -2.58. The first-order chi connectivity index (χ1) is 16.6. The number of hydrogen-bond acceptors (Lipinski definition) is 5. The Balaban J connectivity index is 1.48. The molecule has 2 aliphatic heterocycles. The highest BCUT2D eigenvalue weighted by Crippen LogP contribution is 2.40. The highest BCUT2D eigenvalue weighted by atomic mass is 32.2. The molecule has 2 heterocycles. The number of amides is 1. The maximum absolute atomic E-state index is 13.1. The summed E-state index contributed by atoms with van der Waals surface area (Å²) in [6, 6.07) is 10.8. The van der Waals surface area contributed by atoms with Crippen molar-refractivity contribution >= 4 is 15.9 Å². The number of nitrogens with one attached hydrogen (secondary N) is 1. The van der Waals surface area contributed by atoms with Crippen molar-refractivity contribution in [2.24, 2.45) is 0 Å². The second kappa shape index (κ2) is 10.2. The topological polar surface area (TPSA) is 84.9 Å². The van der Waals surface area contributed by atoms with E-state index in [0.29, 0.717) is 37.2 Å². The Morgan fingerprint density at radius 3 is 2.60 bits per heavy atom. The van der Waals surface area contributed by atoms with E-state index < -0.39 is 10.0 Å². The second-order valence-electron chi connectivity index (χ2n) is 10.2. The molecule has 0 radical (unpaired) electrons. The van der Waals surface area contributed by atoms with E-state index in [1.165, 1.54) is 0 Å². The van der Waals surface area contributed by atoms with Crippen LogP contribution in [0.2, 0.25) is 0 Å². The molecule has 2 aromatic rings. The molecule has 2 aliphatic rings. The number of nitrogens with zero attached hydrogens (tertiary/aromatic N) is 1. The largest absolute Gasteiger partial charge is 0.496 e. The zero-order chi connectivity index (χ0) is 25.2. The second-order valence-corrected chi connectivity index (χ2v) is 12.1. The van der Waals surface area contributed by atoms with Crippen LogP contribution < -0.4 is 14.8 Å². The lowest BCUT2D eigenvalue weighted by Gasteiger charge is -2.38. The number of hydrogen-bond donors (Lipinski definition) is 1. The van der Waals surface area contributed by atoms with Crippen LogP contribution in [-0.2, 0) is 21.2 Å². The van der Waals surface area contributed by atoms with Gasteiger partial charge in [0.05, 0.1) is 18.0 Å². The SMILES string of the molecule is COc1ccc(S(=O)(=O)N2CCCCC2)cc1CCC(=O)N[C@H]1CC(C)(C)Oc2ccc(C)cc21. The first kappa shape index (κ1) is 25.5. The van der Waals surface area contributed by atoms with Crippen LogP contribution in [0.1, 0.15) is 68.7 Å². The molecule has 8 heteroatoms. The molecule has 1 atom stereocenters. The van der Waals surface area contributed by atoms with E-state index in [0.717, 1.165) is 36.1 Å². The molecule has 190 valence electrons. The lowest BCUT2D eigenvalue weighted by atomic mass is 9.89. The third-order valence-electron chi connectivity index (χ3n) is 6.78. The molecule has 0 bridgehead atoms. The molecule has 35 heavy (non-hydrogen) atoms. The average Bonchev–Trinajstić information content (AvgIpc) is 2.83. The quantitative estimate of drug-likeness (QED) is 0.604. The van der Waals surface area contributed by atoms with Gasteiger partial charge in [-0.2, -0.15) is 4.31 Å². The summed E-state index contributed by atoms with van der Waals surface area (Å²) in [6.07, 6.45) is 4.10. The number of ether oxygens (including phenoxy) is 2. The van der Waals surface area contributed by atoms with Gasteiger partial charge in [0.2, 0.25) is 15.9 Å². The fraction of sp³-hybridized carbons (Fsp3) is 0.519. The number of benzene rings is 2. The molecule has 0 aromatic heterocycles. The molecule has 4 rings (SSSR count). The van der Waals surface area contributed by atoms with Crippen molar-refractivity contribution in [2.75, 3.05) is 20.2 Å². The summed E-state index contributed by atoms with van der Waals surface area (Å²) < 4.78 is 39.4. The van der Waals surface area contributed by atoms with Gasteiger partial charge in [-0.1, -0.05) is 24.1 Å². The van der Waals surface area contributed by atoms with Crippen LogP contribution in [-0.4, -0.2) is 44.4 Å². The van der Waals surface area contributed by atoms with Crippen molar-refractivity contribution in [3.63, 3.8) is 0 Å². The van der Waals surface area contributed by atoms with E-state index in [1.54, 1.807) is 29.6 Å². The van der Waals surface area contributed by atoms with Crippen LogP contribution in [0.5, 0.6) is 11.5 Å². The van der Waals surface area contributed by atoms with E-state index in [2.05, 4.69) is 11.4 Å². The smallest absolute Gasteiger partial charge is 0.243 e. The highest BCUT2D eigenvalue weighted by molar-refractivity contribution is 7.89. The summed E-state index contributed by atoms with van der Waals surface area (Å²) in [5.74, 6) is 1.30. The fourth-order valence-corrected chi connectivity index (χ4v) is 6.55. The summed E-state index contributed by atoms with van der Waals surface area (Å²) in [7, 11) is -2.00. The molecule has 7 nitrogen and oxygen atoms in total. The first-order valence-corrected chi connectivity index (χ1v) is 13.8. The van der Waals surface area contributed by atoms with Crippen LogP contribution in [0.3, 0.4) is 0 Å². The van der Waals surface area contributed by atoms with Crippen molar-refractivity contribution in [2.45, 2.75) is 75.8 Å². The predicted molar refractivity (Wildman–Crippen MR) is 135 cm³/mol. The molecule has 1 N–H and O–H groups in total. The van der Waals surface area contributed by atoms with Gasteiger partial charge in [-0.25, -0.2) is 8.42 Å². The Morgan fingerprint density at radius 1 is 1.14 bits per heavy atom. The standard InChI is InChI=1S/C27H36N2O5S/c1-19-8-11-25-22(16-19)23(18-27(2,3)34-25)28-26(30)13-9-20-17-21(10-12-24(20)33-4)35(31,32)29-14-6-5-7-15-29/h8,10-12,16-17,23H,5-7,9,13-15,18H2,1-4H3,(H,28,30)/t23-/m0/s1. The number of aryl methyl sites for hydroxylation is 2. The van der Waals surface area contributed by atoms with E-state index in [4.69, 9.17) is 9.47 Å². The summed E-state index contributed by atoms with van der Waals surface area (Å²) in [6.45, 7) is 7.17. The first-order valence-electron chi connectivity index (χ1n) is 12.3. The van der Waals surface area contributed by atoms with Crippen molar-refractivity contribution < 1.29 is 22.7 Å². The van der Waals surface area contributed by atoms with E-state index in [-0.39, 0.29) is 28.9 Å². The lowest BCUT2D eigenvalue weighted by Crippen LogP contribution is -2.41. The fourth-order valence-electron chi connectivity index (χ4n) is 4.98. The van der Waals surface area contributed by atoms with Crippen molar-refractivity contribution in [3.05, 3.63) is 53.1 Å². The van der Waals surface area contributed by atoms with E-state index >= 15 is 0 Å². The van der Waals surface area contributed by atoms with Gasteiger partial charge in [0, 0.05) is 31.5 Å². The van der Waals surface area contributed by atoms with Gasteiger partial charge in [0.1, 0.15) is 17.1 Å².